The van der Waals surface area contributed by atoms with E-state index < -0.39 is 0 Å². The Morgan fingerprint density at radius 3 is 2.48 bits per heavy atom. The maximum Gasteiger partial charge on any atom is 0.319 e. The van der Waals surface area contributed by atoms with Crippen molar-refractivity contribution in [3.8, 4) is 0 Å². The number of benzene rings is 2. The van der Waals surface area contributed by atoms with Crippen LogP contribution in [0.15, 0.2) is 54.6 Å². The Bertz CT molecular complexity index is 611. The van der Waals surface area contributed by atoms with Gasteiger partial charge in [-0.3, -0.25) is 0 Å². The number of carbonyl (C=O) groups is 1. The minimum Gasteiger partial charge on any atom is -0.333 e. The highest BCUT2D eigenvalue weighted by Crippen LogP contribution is 2.16. The Kier molecular flexibility index (Phi) is 4.86. The van der Waals surface area contributed by atoms with Crippen molar-refractivity contribution in [1.82, 2.24) is 5.32 Å². The highest BCUT2D eigenvalue weighted by Gasteiger charge is 2.20. The van der Waals surface area contributed by atoms with Gasteiger partial charge in [-0.1, -0.05) is 48.0 Å². The summed E-state index contributed by atoms with van der Waals surface area (Å²) < 4.78 is 0. The molecule has 0 fully saturated rings. The van der Waals surface area contributed by atoms with Gasteiger partial charge in [0.1, 0.15) is 0 Å². The standard InChI is InChI=1S/C17H19ClN2O/c1-17(2,12-13-7-4-3-5-8-13)20-16(21)19-15-10-6-9-14(18)11-15/h3-11H,12H2,1-2H3,(H2,19,20,21). The molecule has 0 aromatic heterocycles. The first-order valence-corrected chi connectivity index (χ1v) is 7.21. The van der Waals surface area contributed by atoms with Crippen LogP contribution in [0.4, 0.5) is 10.5 Å². The minimum atomic E-state index is -0.343. The quantitative estimate of drug-likeness (QED) is 0.859. The SMILES string of the molecule is CC(C)(Cc1ccccc1)NC(=O)Nc1cccc(Cl)c1. The molecule has 0 bridgehead atoms. The molecule has 0 aliphatic rings. The zero-order valence-electron chi connectivity index (χ0n) is 12.2. The van der Waals surface area contributed by atoms with Gasteiger partial charge in [0.05, 0.1) is 0 Å². The molecule has 2 amide bonds. The van der Waals surface area contributed by atoms with Crippen molar-refractivity contribution in [3.05, 3.63) is 65.2 Å². The summed E-state index contributed by atoms with van der Waals surface area (Å²) in [5.41, 5.74) is 1.52. The number of hydrogen-bond acceptors (Lipinski definition) is 1. The summed E-state index contributed by atoms with van der Waals surface area (Å²) in [4.78, 5) is 12.1. The third-order valence-corrected chi connectivity index (χ3v) is 3.26. The molecule has 0 unspecified atom stereocenters. The molecule has 2 rings (SSSR count). The number of amides is 2. The Morgan fingerprint density at radius 1 is 1.10 bits per heavy atom. The van der Waals surface area contributed by atoms with E-state index in [-0.39, 0.29) is 11.6 Å². The summed E-state index contributed by atoms with van der Waals surface area (Å²) in [6, 6.07) is 16.9. The van der Waals surface area contributed by atoms with Gasteiger partial charge in [0, 0.05) is 16.2 Å². The van der Waals surface area contributed by atoms with Crippen molar-refractivity contribution in [1.29, 1.82) is 0 Å². The second kappa shape index (κ2) is 6.64. The molecule has 2 aromatic carbocycles. The Hall–Kier alpha value is -2.00. The topological polar surface area (TPSA) is 41.1 Å². The van der Waals surface area contributed by atoms with Gasteiger partial charge in [-0.25, -0.2) is 4.79 Å². The van der Waals surface area contributed by atoms with E-state index in [1.54, 1.807) is 24.3 Å². The smallest absolute Gasteiger partial charge is 0.319 e. The third-order valence-electron chi connectivity index (χ3n) is 3.02. The number of halogens is 1. The number of urea groups is 1. The first kappa shape index (κ1) is 15.4. The van der Waals surface area contributed by atoms with Gasteiger partial charge in [0.2, 0.25) is 0 Å². The summed E-state index contributed by atoms with van der Waals surface area (Å²) >= 11 is 5.90. The largest absolute Gasteiger partial charge is 0.333 e. The van der Waals surface area contributed by atoms with Crippen LogP contribution in [0.5, 0.6) is 0 Å². The molecule has 21 heavy (non-hydrogen) atoms. The van der Waals surface area contributed by atoms with Gasteiger partial charge in [-0.2, -0.15) is 0 Å². The number of rotatable bonds is 4. The molecule has 2 aromatic rings. The van der Waals surface area contributed by atoms with Crippen LogP contribution in [0.25, 0.3) is 0 Å². The Balaban J connectivity index is 1.95. The molecule has 110 valence electrons. The van der Waals surface area contributed by atoms with Gasteiger partial charge < -0.3 is 10.6 Å². The van der Waals surface area contributed by atoms with Crippen LogP contribution in [0.1, 0.15) is 19.4 Å². The fraction of sp³-hybridized carbons (Fsp3) is 0.235. The Morgan fingerprint density at radius 2 is 1.81 bits per heavy atom. The highest BCUT2D eigenvalue weighted by atomic mass is 35.5. The second-order valence-corrected chi connectivity index (χ2v) is 6.07. The van der Waals surface area contributed by atoms with Crippen molar-refractivity contribution in [2.24, 2.45) is 0 Å². The molecule has 0 aliphatic heterocycles. The summed E-state index contributed by atoms with van der Waals surface area (Å²) in [6.45, 7) is 4.00. The van der Waals surface area contributed by atoms with Crippen LogP contribution in [0.2, 0.25) is 5.02 Å². The predicted octanol–water partition coefficient (Wildman–Crippen LogP) is 4.48. The molecule has 0 atom stereocenters. The maximum atomic E-state index is 12.1. The van der Waals surface area contributed by atoms with Crippen LogP contribution >= 0.6 is 11.6 Å². The van der Waals surface area contributed by atoms with E-state index >= 15 is 0 Å². The molecule has 0 heterocycles. The van der Waals surface area contributed by atoms with Crippen molar-refractivity contribution in [3.63, 3.8) is 0 Å². The summed E-state index contributed by atoms with van der Waals surface area (Å²) in [5.74, 6) is 0. The van der Waals surface area contributed by atoms with Crippen LogP contribution in [0, 0.1) is 0 Å². The van der Waals surface area contributed by atoms with E-state index in [0.717, 1.165) is 6.42 Å². The fourth-order valence-corrected chi connectivity index (χ4v) is 2.38. The molecular formula is C17H19ClN2O. The van der Waals surface area contributed by atoms with E-state index in [2.05, 4.69) is 22.8 Å². The van der Waals surface area contributed by atoms with Crippen LogP contribution in [0.3, 0.4) is 0 Å². The number of carbonyl (C=O) groups excluding carboxylic acids is 1. The fourth-order valence-electron chi connectivity index (χ4n) is 2.19. The second-order valence-electron chi connectivity index (χ2n) is 5.64. The van der Waals surface area contributed by atoms with Crippen LogP contribution < -0.4 is 10.6 Å². The molecule has 0 spiro atoms. The van der Waals surface area contributed by atoms with Crippen LogP contribution in [-0.4, -0.2) is 11.6 Å². The molecule has 0 radical (unpaired) electrons. The highest BCUT2D eigenvalue weighted by molar-refractivity contribution is 6.30. The lowest BCUT2D eigenvalue weighted by Gasteiger charge is -2.26. The lowest BCUT2D eigenvalue weighted by molar-refractivity contribution is 0.241. The van der Waals surface area contributed by atoms with Crippen molar-refractivity contribution in [2.45, 2.75) is 25.8 Å². The lowest BCUT2D eigenvalue weighted by atomic mass is 9.95. The van der Waals surface area contributed by atoms with Gasteiger partial charge in [0.25, 0.3) is 0 Å². The van der Waals surface area contributed by atoms with E-state index in [9.17, 15) is 4.79 Å². The summed E-state index contributed by atoms with van der Waals surface area (Å²) in [5, 5.41) is 6.36. The molecular weight excluding hydrogens is 284 g/mol. The monoisotopic (exact) mass is 302 g/mol. The molecule has 3 nitrogen and oxygen atoms in total. The first-order valence-electron chi connectivity index (χ1n) is 6.83. The summed E-state index contributed by atoms with van der Waals surface area (Å²) in [7, 11) is 0. The van der Waals surface area contributed by atoms with Gasteiger partial charge >= 0.3 is 6.03 Å². The zero-order valence-corrected chi connectivity index (χ0v) is 12.9. The average molecular weight is 303 g/mol. The number of anilines is 1. The summed E-state index contributed by atoms with van der Waals surface area (Å²) in [6.07, 6.45) is 0.761. The van der Waals surface area contributed by atoms with Crippen molar-refractivity contribution < 1.29 is 4.79 Å². The van der Waals surface area contributed by atoms with Crippen molar-refractivity contribution in [2.75, 3.05) is 5.32 Å². The third kappa shape index (κ3) is 5.12. The zero-order chi connectivity index (χ0) is 15.3. The van der Waals surface area contributed by atoms with Crippen LogP contribution in [-0.2, 0) is 6.42 Å². The lowest BCUT2D eigenvalue weighted by Crippen LogP contribution is -2.47. The average Bonchev–Trinajstić information content (AvgIpc) is 2.38. The maximum absolute atomic E-state index is 12.1. The molecule has 4 heteroatoms. The van der Waals surface area contributed by atoms with E-state index in [4.69, 9.17) is 11.6 Å². The number of hydrogen-bond donors (Lipinski definition) is 2. The number of nitrogens with one attached hydrogen (secondary N) is 2. The van der Waals surface area contributed by atoms with Gasteiger partial charge in [-0.15, -0.1) is 0 Å². The van der Waals surface area contributed by atoms with E-state index in [1.807, 2.05) is 32.0 Å². The Labute approximate surface area is 130 Å². The minimum absolute atomic E-state index is 0.238. The van der Waals surface area contributed by atoms with E-state index in [1.165, 1.54) is 5.56 Å². The normalized spacial score (nSPS) is 11.0. The molecule has 0 aliphatic carbocycles. The predicted molar refractivity (Wildman–Crippen MR) is 87.8 cm³/mol. The molecule has 0 saturated carbocycles. The first-order chi connectivity index (χ1) is 9.94. The molecule has 2 N–H and O–H groups in total. The van der Waals surface area contributed by atoms with Crippen molar-refractivity contribution >= 4 is 23.3 Å². The van der Waals surface area contributed by atoms with Gasteiger partial charge in [-0.05, 0) is 44.0 Å². The van der Waals surface area contributed by atoms with Gasteiger partial charge in [0.15, 0.2) is 0 Å². The molecule has 0 saturated heterocycles. The van der Waals surface area contributed by atoms with E-state index in [0.29, 0.717) is 10.7 Å².